The zero-order valence-corrected chi connectivity index (χ0v) is 8.69. The lowest BCUT2D eigenvalue weighted by Gasteiger charge is -2.08. The second-order valence-electron chi connectivity index (χ2n) is 3.24. The molecule has 0 fully saturated rings. The monoisotopic (exact) mass is 223 g/mol. The molecule has 78 valence electrons. The van der Waals surface area contributed by atoms with Gasteiger partial charge in [0.25, 0.3) is 0 Å². The van der Waals surface area contributed by atoms with Crippen molar-refractivity contribution in [2.45, 2.75) is 12.5 Å². The van der Waals surface area contributed by atoms with Crippen molar-refractivity contribution in [1.29, 1.82) is 0 Å². The van der Waals surface area contributed by atoms with E-state index >= 15 is 0 Å². The van der Waals surface area contributed by atoms with Crippen molar-refractivity contribution in [3.8, 4) is 0 Å². The molecule has 2 aromatic heterocycles. The molecule has 0 aliphatic rings. The fraction of sp³-hybridized carbons (Fsp3) is 0.182. The van der Waals surface area contributed by atoms with Crippen molar-refractivity contribution in [2.24, 2.45) is 0 Å². The molecule has 0 bridgehead atoms. The molecule has 2 rings (SSSR count). The summed E-state index contributed by atoms with van der Waals surface area (Å²) in [5.41, 5.74) is 1.63. The van der Waals surface area contributed by atoms with Crippen LogP contribution in [0.1, 0.15) is 17.2 Å². The number of aliphatic hydroxyl groups excluding tert-OH is 1. The van der Waals surface area contributed by atoms with E-state index in [1.807, 2.05) is 0 Å². The molecule has 1 N–H and O–H groups in total. The second-order valence-corrected chi connectivity index (χ2v) is 3.65. The van der Waals surface area contributed by atoms with Crippen molar-refractivity contribution in [2.75, 3.05) is 0 Å². The highest BCUT2D eigenvalue weighted by atomic mass is 35.5. The number of aromatic nitrogens is 1. The van der Waals surface area contributed by atoms with Crippen molar-refractivity contribution < 1.29 is 9.52 Å². The molecule has 15 heavy (non-hydrogen) atoms. The molecule has 0 aliphatic heterocycles. The summed E-state index contributed by atoms with van der Waals surface area (Å²) in [6, 6.07) is 3.53. The SMILES string of the molecule is OC(Cc1ccncc1Cl)c1ccoc1. The van der Waals surface area contributed by atoms with Gasteiger partial charge in [-0.25, -0.2) is 0 Å². The molecule has 0 amide bonds. The van der Waals surface area contributed by atoms with E-state index in [1.165, 1.54) is 12.5 Å². The van der Waals surface area contributed by atoms with E-state index < -0.39 is 6.10 Å². The predicted octanol–water partition coefficient (Wildman–Crippen LogP) is 2.60. The Morgan fingerprint density at radius 1 is 1.47 bits per heavy atom. The molecule has 1 unspecified atom stereocenters. The van der Waals surface area contributed by atoms with E-state index in [0.717, 1.165) is 11.1 Å². The first-order valence-electron chi connectivity index (χ1n) is 4.56. The van der Waals surface area contributed by atoms with Crippen LogP contribution in [0.3, 0.4) is 0 Å². The Kier molecular flexibility index (Phi) is 3.04. The Bertz CT molecular complexity index is 428. The molecular formula is C11H10ClNO2. The Balaban J connectivity index is 2.13. The zero-order valence-electron chi connectivity index (χ0n) is 7.93. The minimum atomic E-state index is -0.594. The van der Waals surface area contributed by atoms with Crippen LogP contribution >= 0.6 is 11.6 Å². The topological polar surface area (TPSA) is 46.3 Å². The Morgan fingerprint density at radius 3 is 3.00 bits per heavy atom. The summed E-state index contributed by atoms with van der Waals surface area (Å²) < 4.78 is 4.90. The van der Waals surface area contributed by atoms with Crippen LogP contribution in [0.15, 0.2) is 41.5 Å². The first-order chi connectivity index (χ1) is 7.27. The van der Waals surface area contributed by atoms with Crippen molar-refractivity contribution >= 4 is 11.6 Å². The van der Waals surface area contributed by atoms with Gasteiger partial charge in [-0.1, -0.05) is 11.6 Å². The molecule has 4 heteroatoms. The van der Waals surface area contributed by atoms with Gasteiger partial charge < -0.3 is 9.52 Å². The van der Waals surface area contributed by atoms with Crippen LogP contribution in [0.4, 0.5) is 0 Å². The number of rotatable bonds is 3. The highest BCUT2D eigenvalue weighted by Gasteiger charge is 2.11. The molecule has 2 aromatic rings. The maximum absolute atomic E-state index is 9.85. The Hall–Kier alpha value is -1.32. The zero-order chi connectivity index (χ0) is 10.7. The van der Waals surface area contributed by atoms with Gasteiger partial charge in [-0.05, 0) is 17.7 Å². The van der Waals surface area contributed by atoms with Crippen molar-refractivity contribution in [1.82, 2.24) is 4.98 Å². The maximum Gasteiger partial charge on any atom is 0.0960 e. The highest BCUT2D eigenvalue weighted by molar-refractivity contribution is 6.31. The van der Waals surface area contributed by atoms with Gasteiger partial charge >= 0.3 is 0 Å². The molecule has 3 nitrogen and oxygen atoms in total. The number of nitrogens with zero attached hydrogens (tertiary/aromatic N) is 1. The van der Waals surface area contributed by atoms with Gasteiger partial charge in [-0.3, -0.25) is 4.98 Å². The standard InChI is InChI=1S/C11H10ClNO2/c12-10-6-13-3-1-8(10)5-11(14)9-2-4-15-7-9/h1-4,6-7,11,14H,5H2. The van der Waals surface area contributed by atoms with Crippen LogP contribution in [-0.4, -0.2) is 10.1 Å². The number of halogens is 1. The van der Waals surface area contributed by atoms with E-state index in [2.05, 4.69) is 4.98 Å². The molecule has 0 spiro atoms. The van der Waals surface area contributed by atoms with Crippen LogP contribution in [0.2, 0.25) is 5.02 Å². The maximum atomic E-state index is 9.85. The molecule has 0 radical (unpaired) electrons. The summed E-state index contributed by atoms with van der Waals surface area (Å²) in [6.45, 7) is 0. The summed E-state index contributed by atoms with van der Waals surface area (Å²) in [5, 5.41) is 10.4. The number of aliphatic hydroxyl groups is 1. The lowest BCUT2D eigenvalue weighted by molar-refractivity contribution is 0.177. The number of hydrogen-bond acceptors (Lipinski definition) is 3. The number of pyridine rings is 1. The second kappa shape index (κ2) is 4.47. The van der Waals surface area contributed by atoms with Gasteiger partial charge in [-0.15, -0.1) is 0 Å². The van der Waals surface area contributed by atoms with E-state index in [1.54, 1.807) is 24.5 Å². The van der Waals surface area contributed by atoms with E-state index in [4.69, 9.17) is 16.0 Å². The highest BCUT2D eigenvalue weighted by Crippen LogP contribution is 2.22. The van der Waals surface area contributed by atoms with Crippen molar-refractivity contribution in [3.63, 3.8) is 0 Å². The molecule has 2 heterocycles. The average molecular weight is 224 g/mol. The van der Waals surface area contributed by atoms with Gasteiger partial charge in [0, 0.05) is 24.4 Å². The minimum absolute atomic E-state index is 0.459. The predicted molar refractivity (Wildman–Crippen MR) is 56.6 cm³/mol. The largest absolute Gasteiger partial charge is 0.472 e. The van der Waals surface area contributed by atoms with Gasteiger partial charge in [0.1, 0.15) is 0 Å². The van der Waals surface area contributed by atoms with Gasteiger partial charge in [0.05, 0.1) is 23.7 Å². The minimum Gasteiger partial charge on any atom is -0.472 e. The smallest absolute Gasteiger partial charge is 0.0960 e. The van der Waals surface area contributed by atoms with Crippen molar-refractivity contribution in [3.05, 3.63) is 53.2 Å². The van der Waals surface area contributed by atoms with Gasteiger partial charge in [0.2, 0.25) is 0 Å². The van der Waals surface area contributed by atoms with E-state index in [-0.39, 0.29) is 0 Å². The van der Waals surface area contributed by atoms with Crippen LogP contribution in [0.5, 0.6) is 0 Å². The average Bonchev–Trinajstić information content (AvgIpc) is 2.74. The van der Waals surface area contributed by atoms with Crippen LogP contribution in [0, 0.1) is 0 Å². The summed E-state index contributed by atoms with van der Waals surface area (Å²) in [4.78, 5) is 3.88. The fourth-order valence-corrected chi connectivity index (χ4v) is 1.56. The number of hydrogen-bond donors (Lipinski definition) is 1. The summed E-state index contributed by atoms with van der Waals surface area (Å²) in [5.74, 6) is 0. The first kappa shape index (κ1) is 10.2. The quantitative estimate of drug-likeness (QED) is 0.870. The molecular weight excluding hydrogens is 214 g/mol. The lowest BCUT2D eigenvalue weighted by Crippen LogP contribution is -2.01. The molecule has 0 aromatic carbocycles. The number of furan rings is 1. The molecule has 0 saturated carbocycles. The Morgan fingerprint density at radius 2 is 2.33 bits per heavy atom. The van der Waals surface area contributed by atoms with Gasteiger partial charge in [-0.2, -0.15) is 0 Å². The summed E-state index contributed by atoms with van der Waals surface area (Å²) in [6.07, 6.45) is 6.15. The first-order valence-corrected chi connectivity index (χ1v) is 4.93. The fourth-order valence-electron chi connectivity index (χ4n) is 1.36. The lowest BCUT2D eigenvalue weighted by atomic mass is 10.1. The van der Waals surface area contributed by atoms with E-state index in [9.17, 15) is 5.11 Å². The molecule has 1 atom stereocenters. The third-order valence-corrected chi connectivity index (χ3v) is 2.54. The van der Waals surface area contributed by atoms with Crippen LogP contribution < -0.4 is 0 Å². The third kappa shape index (κ3) is 2.37. The molecule has 0 saturated heterocycles. The third-order valence-electron chi connectivity index (χ3n) is 2.20. The molecule has 0 aliphatic carbocycles. The van der Waals surface area contributed by atoms with Crippen LogP contribution in [-0.2, 0) is 6.42 Å². The summed E-state index contributed by atoms with van der Waals surface area (Å²) in [7, 11) is 0. The Labute approximate surface area is 92.3 Å². The summed E-state index contributed by atoms with van der Waals surface area (Å²) >= 11 is 5.93. The van der Waals surface area contributed by atoms with Gasteiger partial charge in [0.15, 0.2) is 0 Å². The van der Waals surface area contributed by atoms with Crippen LogP contribution in [0.25, 0.3) is 0 Å². The van der Waals surface area contributed by atoms with E-state index in [0.29, 0.717) is 11.4 Å². The normalized spacial score (nSPS) is 12.7.